The Morgan fingerprint density at radius 1 is 1.54 bits per heavy atom. The molecule has 1 rings (SSSR count). The Balaban J connectivity index is 0.000000226. The quantitative estimate of drug-likeness (QED) is 0.643. The van der Waals surface area contributed by atoms with Crippen molar-refractivity contribution in [1.82, 2.24) is 4.90 Å². The maximum absolute atomic E-state index is 10.5. The highest BCUT2D eigenvalue weighted by Crippen LogP contribution is 2.04. The molecule has 0 aromatic rings. The van der Waals surface area contributed by atoms with E-state index in [2.05, 4.69) is 0 Å². The zero-order valence-corrected chi connectivity index (χ0v) is 8.54. The van der Waals surface area contributed by atoms with E-state index in [1.807, 2.05) is 7.05 Å². The predicted octanol–water partition coefficient (Wildman–Crippen LogP) is 0.366. The van der Waals surface area contributed by atoms with Crippen LogP contribution < -0.4 is 5.73 Å². The summed E-state index contributed by atoms with van der Waals surface area (Å²) >= 11 is 0. The lowest BCUT2D eigenvalue weighted by atomic mass is 10.2. The molecule has 1 aliphatic heterocycles. The van der Waals surface area contributed by atoms with E-state index < -0.39 is 0 Å². The molecule has 0 aliphatic carbocycles. The molecule has 76 valence electrons. The monoisotopic (exact) mass is 186 g/mol. The van der Waals surface area contributed by atoms with Crippen LogP contribution in [0.25, 0.3) is 0 Å². The second-order valence-corrected chi connectivity index (χ2v) is 3.48. The molecule has 4 nitrogen and oxygen atoms in total. The summed E-state index contributed by atoms with van der Waals surface area (Å²) in [7, 11) is 1.84. The summed E-state index contributed by atoms with van der Waals surface area (Å²) in [5, 5.41) is 0. The van der Waals surface area contributed by atoms with Crippen LogP contribution in [0.1, 0.15) is 26.7 Å². The lowest BCUT2D eigenvalue weighted by Gasteiger charge is -2.03. The number of hydrogen-bond acceptors (Lipinski definition) is 2. The molecule has 0 bridgehead atoms. The fraction of sp³-hybridized carbons (Fsp3) is 0.778. The molecule has 2 N–H and O–H groups in total. The van der Waals surface area contributed by atoms with E-state index in [1.54, 1.807) is 18.7 Å². The molecule has 0 radical (unpaired) electrons. The first-order valence-electron chi connectivity index (χ1n) is 4.48. The number of likely N-dealkylation sites (tertiary alicyclic amines) is 1. The molecule has 13 heavy (non-hydrogen) atoms. The minimum atomic E-state index is -0.241. The molecule has 1 saturated heterocycles. The van der Waals surface area contributed by atoms with Crippen LogP contribution in [0.3, 0.4) is 0 Å². The van der Waals surface area contributed by atoms with E-state index in [0.717, 1.165) is 19.4 Å². The summed E-state index contributed by atoms with van der Waals surface area (Å²) in [5.41, 5.74) is 4.80. The third-order valence-electron chi connectivity index (χ3n) is 1.88. The number of nitrogens with two attached hydrogens (primary N) is 1. The van der Waals surface area contributed by atoms with Crippen LogP contribution in [0.15, 0.2) is 0 Å². The van der Waals surface area contributed by atoms with Gasteiger partial charge in [-0.15, -0.1) is 0 Å². The standard InChI is InChI=1S/C5H9NO.C4H9NO/c1-6-4-2-3-5(6)7;1-3(2)4(5)6/h2-4H2,1H3;3H,1-2H3,(H2,5,6). The lowest BCUT2D eigenvalue weighted by Crippen LogP contribution is -2.17. The molecule has 0 spiro atoms. The SMILES string of the molecule is CC(C)C(N)=O.CN1CCCC1=O. The molecule has 1 fully saturated rings. The smallest absolute Gasteiger partial charge is 0.222 e. The van der Waals surface area contributed by atoms with Gasteiger partial charge in [0.05, 0.1) is 0 Å². The largest absolute Gasteiger partial charge is 0.369 e. The molecule has 2 amide bonds. The van der Waals surface area contributed by atoms with Gasteiger partial charge in [-0.3, -0.25) is 9.59 Å². The van der Waals surface area contributed by atoms with Gasteiger partial charge in [-0.25, -0.2) is 0 Å². The Labute approximate surface area is 79.1 Å². The second kappa shape index (κ2) is 5.56. The molecule has 0 aromatic carbocycles. The van der Waals surface area contributed by atoms with Crippen LogP contribution in [0.4, 0.5) is 0 Å². The van der Waals surface area contributed by atoms with Crippen molar-refractivity contribution in [1.29, 1.82) is 0 Å². The Hall–Kier alpha value is -1.06. The van der Waals surface area contributed by atoms with Crippen molar-refractivity contribution >= 4 is 11.8 Å². The van der Waals surface area contributed by atoms with Gasteiger partial charge < -0.3 is 10.6 Å². The number of amides is 2. The Kier molecular flexibility index (Phi) is 5.11. The van der Waals surface area contributed by atoms with E-state index in [0.29, 0.717) is 5.91 Å². The van der Waals surface area contributed by atoms with Crippen molar-refractivity contribution in [2.24, 2.45) is 11.7 Å². The number of carbonyl (C=O) groups excluding carboxylic acids is 2. The van der Waals surface area contributed by atoms with Crippen molar-refractivity contribution in [3.63, 3.8) is 0 Å². The summed E-state index contributed by atoms with van der Waals surface area (Å²) < 4.78 is 0. The van der Waals surface area contributed by atoms with Crippen molar-refractivity contribution in [2.75, 3.05) is 13.6 Å². The summed E-state index contributed by atoms with van der Waals surface area (Å²) in [5.74, 6) is 0.0417. The molecule has 1 aliphatic rings. The number of rotatable bonds is 1. The lowest BCUT2D eigenvalue weighted by molar-refractivity contribution is -0.126. The molecule has 0 atom stereocenters. The van der Waals surface area contributed by atoms with Crippen LogP contribution in [-0.2, 0) is 9.59 Å². The highest BCUT2D eigenvalue weighted by molar-refractivity contribution is 5.77. The van der Waals surface area contributed by atoms with Crippen molar-refractivity contribution < 1.29 is 9.59 Å². The Morgan fingerprint density at radius 2 is 2.00 bits per heavy atom. The summed E-state index contributed by atoms with van der Waals surface area (Å²) in [6, 6.07) is 0. The van der Waals surface area contributed by atoms with Crippen LogP contribution in [0, 0.1) is 5.92 Å². The van der Waals surface area contributed by atoms with E-state index in [4.69, 9.17) is 5.73 Å². The van der Waals surface area contributed by atoms with Crippen molar-refractivity contribution in [2.45, 2.75) is 26.7 Å². The van der Waals surface area contributed by atoms with E-state index in [-0.39, 0.29) is 11.8 Å². The van der Waals surface area contributed by atoms with Gasteiger partial charge in [-0.2, -0.15) is 0 Å². The third-order valence-corrected chi connectivity index (χ3v) is 1.88. The number of carbonyl (C=O) groups is 2. The fourth-order valence-electron chi connectivity index (χ4n) is 0.783. The number of primary amides is 1. The summed E-state index contributed by atoms with van der Waals surface area (Å²) in [6.07, 6.45) is 1.81. The van der Waals surface area contributed by atoms with Gasteiger partial charge in [0.25, 0.3) is 0 Å². The maximum Gasteiger partial charge on any atom is 0.222 e. The summed E-state index contributed by atoms with van der Waals surface area (Å²) in [4.78, 5) is 22.2. The normalized spacial score (nSPS) is 15.7. The van der Waals surface area contributed by atoms with Crippen LogP contribution in [0.5, 0.6) is 0 Å². The molecule has 0 aromatic heterocycles. The van der Waals surface area contributed by atoms with Crippen LogP contribution in [-0.4, -0.2) is 30.3 Å². The van der Waals surface area contributed by atoms with Crippen LogP contribution >= 0.6 is 0 Å². The average Bonchev–Trinajstić information content (AvgIpc) is 2.37. The van der Waals surface area contributed by atoms with Crippen molar-refractivity contribution in [3.8, 4) is 0 Å². The van der Waals surface area contributed by atoms with Gasteiger partial charge in [-0.05, 0) is 6.42 Å². The average molecular weight is 186 g/mol. The first-order valence-corrected chi connectivity index (χ1v) is 4.48. The van der Waals surface area contributed by atoms with Gasteiger partial charge in [0, 0.05) is 25.9 Å². The first kappa shape index (κ1) is 11.9. The van der Waals surface area contributed by atoms with E-state index in [1.165, 1.54) is 0 Å². The fourth-order valence-corrected chi connectivity index (χ4v) is 0.783. The topological polar surface area (TPSA) is 63.4 Å². The highest BCUT2D eigenvalue weighted by atomic mass is 16.2. The Morgan fingerprint density at radius 3 is 2.08 bits per heavy atom. The van der Waals surface area contributed by atoms with E-state index >= 15 is 0 Å². The molecule has 0 saturated carbocycles. The number of hydrogen-bond donors (Lipinski definition) is 1. The zero-order chi connectivity index (χ0) is 10.4. The maximum atomic E-state index is 10.5. The summed E-state index contributed by atoms with van der Waals surface area (Å²) in [6.45, 7) is 4.49. The molecule has 1 heterocycles. The third kappa shape index (κ3) is 5.22. The van der Waals surface area contributed by atoms with E-state index in [9.17, 15) is 9.59 Å². The van der Waals surface area contributed by atoms with Gasteiger partial charge in [0.1, 0.15) is 0 Å². The van der Waals surface area contributed by atoms with Gasteiger partial charge >= 0.3 is 0 Å². The van der Waals surface area contributed by atoms with Gasteiger partial charge in [0.2, 0.25) is 11.8 Å². The highest BCUT2D eigenvalue weighted by Gasteiger charge is 2.14. The second-order valence-electron chi connectivity index (χ2n) is 3.48. The molecular formula is C9H18N2O2. The molecule has 0 unspecified atom stereocenters. The zero-order valence-electron chi connectivity index (χ0n) is 8.54. The van der Waals surface area contributed by atoms with Crippen LogP contribution in [0.2, 0.25) is 0 Å². The minimum Gasteiger partial charge on any atom is -0.369 e. The molecule has 4 heteroatoms. The Bertz CT molecular complexity index is 190. The minimum absolute atomic E-state index is 0.00926. The number of nitrogens with zero attached hydrogens (tertiary/aromatic N) is 1. The van der Waals surface area contributed by atoms with Gasteiger partial charge in [-0.1, -0.05) is 13.8 Å². The predicted molar refractivity (Wildman–Crippen MR) is 50.9 cm³/mol. The van der Waals surface area contributed by atoms with Gasteiger partial charge in [0.15, 0.2) is 0 Å². The first-order chi connectivity index (χ1) is 5.95. The van der Waals surface area contributed by atoms with Crippen molar-refractivity contribution in [3.05, 3.63) is 0 Å². The molecular weight excluding hydrogens is 168 g/mol.